The Morgan fingerprint density at radius 1 is 0.923 bits per heavy atom. The zero-order valence-electron chi connectivity index (χ0n) is 14.6. The normalized spacial score (nSPS) is 29.8. The van der Waals surface area contributed by atoms with Gasteiger partial charge in [0.25, 0.3) is 0 Å². The number of carbonyl (C=O) groups excluding carboxylic acids is 1. The monoisotopic (exact) mass is 392 g/mol. The van der Waals surface area contributed by atoms with E-state index in [9.17, 15) is 36.2 Å². The number of hydrogen-bond acceptors (Lipinski definition) is 4. The molecule has 0 aromatic heterocycles. The quantitative estimate of drug-likeness (QED) is 0.564. The number of aliphatic hydroxyl groups is 1. The van der Waals surface area contributed by atoms with Gasteiger partial charge >= 0.3 is 24.1 Å². The lowest BCUT2D eigenvalue weighted by molar-refractivity contribution is -0.374. The van der Waals surface area contributed by atoms with Crippen molar-refractivity contribution in [2.24, 2.45) is 17.8 Å². The van der Waals surface area contributed by atoms with Crippen LogP contribution in [0.4, 0.5) is 31.1 Å². The number of rotatable bonds is 3. The van der Waals surface area contributed by atoms with Crippen LogP contribution in [-0.4, -0.2) is 40.9 Å². The number of ether oxygens (including phenoxy) is 2. The number of fused-ring (bicyclic) bond motifs is 2. The molecule has 0 aliphatic heterocycles. The summed E-state index contributed by atoms with van der Waals surface area (Å²) in [5.41, 5.74) is -5.95. The zero-order chi connectivity index (χ0) is 20.1. The number of halogens is 6. The van der Waals surface area contributed by atoms with Crippen LogP contribution in [-0.2, 0) is 9.47 Å². The summed E-state index contributed by atoms with van der Waals surface area (Å²) < 4.78 is 89.7. The Balaban J connectivity index is 2.30. The molecule has 2 rings (SSSR count). The third-order valence-corrected chi connectivity index (χ3v) is 5.08. The van der Waals surface area contributed by atoms with Crippen LogP contribution in [0.3, 0.4) is 0 Å². The third-order valence-electron chi connectivity index (χ3n) is 5.08. The van der Waals surface area contributed by atoms with Crippen LogP contribution in [0.25, 0.3) is 0 Å². The molecule has 26 heavy (non-hydrogen) atoms. The van der Waals surface area contributed by atoms with Crippen molar-refractivity contribution in [1.82, 2.24) is 0 Å². The maximum Gasteiger partial charge on any atom is 0.510 e. The highest BCUT2D eigenvalue weighted by Crippen LogP contribution is 2.56. The van der Waals surface area contributed by atoms with Crippen molar-refractivity contribution in [3.63, 3.8) is 0 Å². The summed E-state index contributed by atoms with van der Waals surface area (Å²) in [7, 11) is 0. The Bertz CT molecular complexity index is 520. The first-order valence-corrected chi connectivity index (χ1v) is 8.29. The molecule has 2 bridgehead atoms. The SMILES string of the molecule is CC(C)(C)OC(=O)OC(CC1CC2CC1CC2O)(C(F)(F)F)C(F)(F)F. The topological polar surface area (TPSA) is 55.8 Å². The molecular weight excluding hydrogens is 370 g/mol. The second-order valence-electron chi connectivity index (χ2n) is 8.15. The van der Waals surface area contributed by atoms with E-state index in [-0.39, 0.29) is 18.8 Å². The lowest BCUT2D eigenvalue weighted by Gasteiger charge is -2.40. The first-order valence-electron chi connectivity index (χ1n) is 8.29. The third kappa shape index (κ3) is 4.04. The number of alkyl halides is 6. The smallest absolute Gasteiger partial charge is 0.429 e. The largest absolute Gasteiger partial charge is 0.510 e. The van der Waals surface area contributed by atoms with Gasteiger partial charge in [-0.05, 0) is 57.8 Å². The standard InChI is InChI=1S/C16H22F6O4/c1-13(2,3)25-12(24)26-14(15(17,18)19,16(20,21)22)7-10-5-9-4-8(10)6-11(9)23/h8-11,23H,4-7H2,1-3H3. The van der Waals surface area contributed by atoms with Gasteiger partial charge in [-0.15, -0.1) is 0 Å². The average Bonchev–Trinajstić information content (AvgIpc) is 2.91. The molecule has 4 atom stereocenters. The fourth-order valence-corrected chi connectivity index (χ4v) is 3.95. The van der Waals surface area contributed by atoms with Gasteiger partial charge in [0.1, 0.15) is 5.60 Å². The van der Waals surface area contributed by atoms with Crippen molar-refractivity contribution in [2.75, 3.05) is 0 Å². The molecule has 2 aliphatic carbocycles. The van der Waals surface area contributed by atoms with E-state index >= 15 is 0 Å². The van der Waals surface area contributed by atoms with Crippen LogP contribution in [0, 0.1) is 17.8 Å². The second-order valence-corrected chi connectivity index (χ2v) is 8.15. The van der Waals surface area contributed by atoms with Gasteiger partial charge < -0.3 is 14.6 Å². The van der Waals surface area contributed by atoms with E-state index in [1.807, 2.05) is 0 Å². The molecule has 1 N–H and O–H groups in total. The maximum absolute atomic E-state index is 13.5. The zero-order valence-corrected chi connectivity index (χ0v) is 14.6. The maximum atomic E-state index is 13.5. The molecule has 4 unspecified atom stereocenters. The number of carbonyl (C=O) groups is 1. The molecule has 2 fully saturated rings. The van der Waals surface area contributed by atoms with Gasteiger partial charge in [0, 0.05) is 6.42 Å². The van der Waals surface area contributed by atoms with E-state index < -0.39 is 54.1 Å². The molecule has 152 valence electrons. The summed E-state index contributed by atoms with van der Waals surface area (Å²) >= 11 is 0. The van der Waals surface area contributed by atoms with Crippen LogP contribution in [0.5, 0.6) is 0 Å². The molecule has 2 aliphatic rings. The average molecular weight is 392 g/mol. The van der Waals surface area contributed by atoms with Crippen LogP contribution in [0.1, 0.15) is 46.5 Å². The predicted molar refractivity (Wildman–Crippen MR) is 77.1 cm³/mol. The number of hydrogen-bond donors (Lipinski definition) is 1. The fraction of sp³-hybridized carbons (Fsp3) is 0.938. The summed E-state index contributed by atoms with van der Waals surface area (Å²) in [5, 5.41) is 9.68. The molecular formula is C16H22F6O4. The summed E-state index contributed by atoms with van der Waals surface area (Å²) in [4.78, 5) is 11.7. The number of aliphatic hydroxyl groups excluding tert-OH is 1. The van der Waals surface area contributed by atoms with Crippen LogP contribution in [0.2, 0.25) is 0 Å². The van der Waals surface area contributed by atoms with E-state index in [1.54, 1.807) is 0 Å². The molecule has 0 aromatic carbocycles. The van der Waals surface area contributed by atoms with Gasteiger partial charge in [0.15, 0.2) is 0 Å². The van der Waals surface area contributed by atoms with Crippen LogP contribution < -0.4 is 0 Å². The van der Waals surface area contributed by atoms with Gasteiger partial charge in [-0.3, -0.25) is 0 Å². The molecule has 2 saturated carbocycles. The molecule has 0 saturated heterocycles. The minimum atomic E-state index is -5.86. The van der Waals surface area contributed by atoms with Crippen molar-refractivity contribution >= 4 is 6.16 Å². The van der Waals surface area contributed by atoms with E-state index in [2.05, 4.69) is 9.47 Å². The molecule has 0 amide bonds. The Morgan fingerprint density at radius 3 is 1.81 bits per heavy atom. The summed E-state index contributed by atoms with van der Waals surface area (Å²) in [6.45, 7) is 3.90. The Morgan fingerprint density at radius 2 is 1.46 bits per heavy atom. The van der Waals surface area contributed by atoms with Crippen LogP contribution in [0.15, 0.2) is 0 Å². The Labute approximate surface area is 146 Å². The van der Waals surface area contributed by atoms with E-state index in [4.69, 9.17) is 0 Å². The van der Waals surface area contributed by atoms with E-state index in [0.29, 0.717) is 6.42 Å². The molecule has 4 nitrogen and oxygen atoms in total. The summed E-state index contributed by atoms with van der Waals surface area (Å²) in [6, 6.07) is 0. The van der Waals surface area contributed by atoms with E-state index in [0.717, 1.165) is 0 Å². The molecule has 10 heteroatoms. The highest BCUT2D eigenvalue weighted by molar-refractivity contribution is 5.61. The minimum Gasteiger partial charge on any atom is -0.429 e. The van der Waals surface area contributed by atoms with Gasteiger partial charge in [-0.25, -0.2) is 4.79 Å². The predicted octanol–water partition coefficient (Wildman–Crippen LogP) is 4.60. The summed E-state index contributed by atoms with van der Waals surface area (Å²) in [6.07, 6.45) is -15.3. The summed E-state index contributed by atoms with van der Waals surface area (Å²) in [5.74, 6) is -1.72. The molecule has 0 radical (unpaired) electrons. The fourth-order valence-electron chi connectivity index (χ4n) is 3.95. The van der Waals surface area contributed by atoms with Crippen molar-refractivity contribution < 1.29 is 45.7 Å². The van der Waals surface area contributed by atoms with Gasteiger partial charge in [-0.2, -0.15) is 26.3 Å². The Kier molecular flexibility index (Phi) is 5.24. The van der Waals surface area contributed by atoms with Gasteiger partial charge in [0.2, 0.25) is 0 Å². The highest BCUT2D eigenvalue weighted by Gasteiger charge is 2.75. The minimum absolute atomic E-state index is 0.0391. The van der Waals surface area contributed by atoms with Gasteiger partial charge in [0.05, 0.1) is 6.10 Å². The molecule has 0 heterocycles. The van der Waals surface area contributed by atoms with Crippen molar-refractivity contribution in [2.45, 2.75) is 76.1 Å². The van der Waals surface area contributed by atoms with Crippen LogP contribution >= 0.6 is 0 Å². The van der Waals surface area contributed by atoms with Crippen molar-refractivity contribution in [3.05, 3.63) is 0 Å². The Hall–Kier alpha value is -1.19. The van der Waals surface area contributed by atoms with E-state index in [1.165, 1.54) is 20.8 Å². The van der Waals surface area contributed by atoms with Crippen molar-refractivity contribution in [3.8, 4) is 0 Å². The first kappa shape index (κ1) is 21.1. The van der Waals surface area contributed by atoms with Crippen molar-refractivity contribution in [1.29, 1.82) is 0 Å². The first-order chi connectivity index (χ1) is 11.6. The highest BCUT2D eigenvalue weighted by atomic mass is 19.4. The lowest BCUT2D eigenvalue weighted by atomic mass is 9.78. The molecule has 0 spiro atoms. The lowest BCUT2D eigenvalue weighted by Crippen LogP contribution is -2.61. The second kappa shape index (κ2) is 6.45. The van der Waals surface area contributed by atoms with Gasteiger partial charge in [-0.1, -0.05) is 0 Å². The molecule has 0 aromatic rings.